The van der Waals surface area contributed by atoms with Gasteiger partial charge >= 0.3 is 0 Å². The highest BCUT2D eigenvalue weighted by Crippen LogP contribution is 2.21. The topological polar surface area (TPSA) is 42.1 Å². The molecule has 0 spiro atoms. The summed E-state index contributed by atoms with van der Waals surface area (Å²) in [7, 11) is 0. The third kappa shape index (κ3) is 3.50. The van der Waals surface area contributed by atoms with E-state index in [0.717, 1.165) is 30.2 Å². The van der Waals surface area contributed by atoms with Crippen molar-refractivity contribution in [1.82, 2.24) is 9.88 Å². The minimum absolute atomic E-state index is 0.0169. The normalized spacial score (nSPS) is 14.3. The summed E-state index contributed by atoms with van der Waals surface area (Å²) in [6, 6.07) is 0.118. The third-order valence-corrected chi connectivity index (χ3v) is 4.54. The first-order valence-electron chi connectivity index (χ1n) is 6.33. The van der Waals surface area contributed by atoms with Crippen molar-refractivity contribution in [3.63, 3.8) is 0 Å². The van der Waals surface area contributed by atoms with E-state index in [-0.39, 0.29) is 11.6 Å². The maximum Gasteiger partial charge on any atom is 0.0944 e. The van der Waals surface area contributed by atoms with E-state index in [2.05, 4.69) is 43.0 Å². The molecule has 0 fully saturated rings. The summed E-state index contributed by atoms with van der Waals surface area (Å²) in [6.07, 6.45) is 0.863. The van der Waals surface area contributed by atoms with Crippen molar-refractivity contribution in [3.8, 4) is 0 Å². The number of aromatic nitrogens is 1. The largest absolute Gasteiger partial charge is 0.326 e. The lowest BCUT2D eigenvalue weighted by molar-refractivity contribution is 0.106. The second-order valence-corrected chi connectivity index (χ2v) is 5.96. The molecule has 0 radical (unpaired) electrons. The van der Waals surface area contributed by atoms with Crippen LogP contribution in [-0.2, 0) is 6.42 Å². The Morgan fingerprint density at radius 2 is 2.00 bits per heavy atom. The van der Waals surface area contributed by atoms with Gasteiger partial charge in [-0.1, -0.05) is 13.8 Å². The number of rotatable bonds is 6. The number of hydrogen-bond acceptors (Lipinski definition) is 4. The molecule has 1 rings (SSSR count). The summed E-state index contributed by atoms with van der Waals surface area (Å²) < 4.78 is 0. The van der Waals surface area contributed by atoms with Crippen molar-refractivity contribution in [3.05, 3.63) is 16.1 Å². The molecule has 4 heteroatoms. The van der Waals surface area contributed by atoms with Gasteiger partial charge in [-0.15, -0.1) is 11.3 Å². The molecule has 1 atom stereocenters. The molecular formula is C13H25N3S. The molecule has 98 valence electrons. The Hall–Kier alpha value is -0.450. The van der Waals surface area contributed by atoms with Crippen molar-refractivity contribution >= 4 is 11.3 Å². The van der Waals surface area contributed by atoms with Gasteiger partial charge in [-0.05, 0) is 33.9 Å². The molecule has 1 unspecified atom stereocenters. The molecule has 0 aromatic carbocycles. The number of hydrogen-bond donors (Lipinski definition) is 1. The van der Waals surface area contributed by atoms with E-state index in [1.807, 2.05) is 6.92 Å². The Kier molecular flexibility index (Phi) is 5.10. The molecule has 3 nitrogen and oxygen atoms in total. The van der Waals surface area contributed by atoms with Crippen LogP contribution in [0.5, 0.6) is 0 Å². The number of likely N-dealkylation sites (N-methyl/N-ethyl adjacent to an activating group) is 1. The van der Waals surface area contributed by atoms with Crippen LogP contribution in [0, 0.1) is 6.92 Å². The van der Waals surface area contributed by atoms with Crippen LogP contribution in [0.15, 0.2) is 5.38 Å². The maximum atomic E-state index is 6.37. The minimum atomic E-state index is 0.0169. The van der Waals surface area contributed by atoms with E-state index in [0.29, 0.717) is 0 Å². The lowest BCUT2D eigenvalue weighted by Gasteiger charge is -2.41. The fourth-order valence-corrected chi connectivity index (χ4v) is 3.04. The quantitative estimate of drug-likeness (QED) is 0.849. The van der Waals surface area contributed by atoms with Gasteiger partial charge in [0, 0.05) is 29.1 Å². The Morgan fingerprint density at radius 1 is 1.41 bits per heavy atom. The van der Waals surface area contributed by atoms with Gasteiger partial charge in [0.1, 0.15) is 0 Å². The molecule has 17 heavy (non-hydrogen) atoms. The van der Waals surface area contributed by atoms with Crippen molar-refractivity contribution < 1.29 is 0 Å². The van der Waals surface area contributed by atoms with E-state index >= 15 is 0 Å². The zero-order valence-corrected chi connectivity index (χ0v) is 12.5. The van der Waals surface area contributed by atoms with Crippen molar-refractivity contribution in [2.45, 2.75) is 52.6 Å². The summed E-state index contributed by atoms with van der Waals surface area (Å²) in [5.41, 5.74) is 7.48. The number of aryl methyl sites for hydroxylation is 1. The standard InChI is InChI=1S/C13H25N3S/c1-6-16(7-2)13(4,5)11(14)8-12-15-10(3)9-17-12/h9,11H,6-8,14H2,1-5H3. The van der Waals surface area contributed by atoms with Crippen LogP contribution in [0.2, 0.25) is 0 Å². The number of nitrogens with two attached hydrogens (primary N) is 1. The van der Waals surface area contributed by atoms with Crippen LogP contribution in [0.1, 0.15) is 38.4 Å². The van der Waals surface area contributed by atoms with Gasteiger partial charge in [-0.2, -0.15) is 0 Å². The number of nitrogens with zero attached hydrogens (tertiary/aromatic N) is 2. The van der Waals surface area contributed by atoms with E-state index in [4.69, 9.17) is 5.73 Å². The first-order chi connectivity index (χ1) is 7.91. The molecule has 0 saturated carbocycles. The molecule has 0 bridgehead atoms. The van der Waals surface area contributed by atoms with Gasteiger partial charge in [0.2, 0.25) is 0 Å². The highest BCUT2D eigenvalue weighted by molar-refractivity contribution is 7.09. The highest BCUT2D eigenvalue weighted by Gasteiger charge is 2.31. The van der Waals surface area contributed by atoms with Gasteiger partial charge in [-0.3, -0.25) is 4.90 Å². The van der Waals surface area contributed by atoms with Crippen molar-refractivity contribution in [1.29, 1.82) is 0 Å². The monoisotopic (exact) mass is 255 g/mol. The van der Waals surface area contributed by atoms with E-state index < -0.39 is 0 Å². The summed E-state index contributed by atoms with van der Waals surface area (Å²) in [6.45, 7) is 12.9. The fraction of sp³-hybridized carbons (Fsp3) is 0.769. The maximum absolute atomic E-state index is 6.37. The second-order valence-electron chi connectivity index (χ2n) is 5.02. The van der Waals surface area contributed by atoms with Crippen LogP contribution >= 0.6 is 11.3 Å². The molecular weight excluding hydrogens is 230 g/mol. The van der Waals surface area contributed by atoms with Crippen LogP contribution in [0.3, 0.4) is 0 Å². The first-order valence-corrected chi connectivity index (χ1v) is 7.21. The summed E-state index contributed by atoms with van der Waals surface area (Å²) >= 11 is 1.71. The lowest BCUT2D eigenvalue weighted by Crippen LogP contribution is -2.56. The Morgan fingerprint density at radius 3 is 2.41 bits per heavy atom. The summed E-state index contributed by atoms with van der Waals surface area (Å²) in [5.74, 6) is 0. The van der Waals surface area contributed by atoms with Gasteiger partial charge in [0.15, 0.2) is 0 Å². The van der Waals surface area contributed by atoms with Crippen LogP contribution in [0.25, 0.3) is 0 Å². The van der Waals surface area contributed by atoms with Gasteiger partial charge < -0.3 is 5.73 Å². The van der Waals surface area contributed by atoms with Crippen LogP contribution in [-0.4, -0.2) is 34.6 Å². The predicted octanol–water partition coefficient (Wildman–Crippen LogP) is 2.44. The van der Waals surface area contributed by atoms with Gasteiger partial charge in [-0.25, -0.2) is 4.98 Å². The Bertz CT molecular complexity index is 342. The molecule has 1 aromatic rings. The molecule has 0 aliphatic heterocycles. The molecule has 1 heterocycles. The number of thiazole rings is 1. The Labute approximate surface area is 109 Å². The van der Waals surface area contributed by atoms with E-state index in [1.165, 1.54) is 0 Å². The molecule has 0 aliphatic rings. The summed E-state index contributed by atoms with van der Waals surface area (Å²) in [5, 5.41) is 3.24. The van der Waals surface area contributed by atoms with Crippen LogP contribution < -0.4 is 5.73 Å². The van der Waals surface area contributed by atoms with Crippen LogP contribution in [0.4, 0.5) is 0 Å². The SMILES string of the molecule is CCN(CC)C(C)(C)C(N)Cc1nc(C)cs1. The average Bonchev–Trinajstić information content (AvgIpc) is 2.65. The fourth-order valence-electron chi connectivity index (χ4n) is 2.21. The average molecular weight is 255 g/mol. The smallest absolute Gasteiger partial charge is 0.0944 e. The van der Waals surface area contributed by atoms with E-state index in [1.54, 1.807) is 11.3 Å². The lowest BCUT2D eigenvalue weighted by atomic mass is 9.90. The summed E-state index contributed by atoms with van der Waals surface area (Å²) in [4.78, 5) is 6.91. The molecule has 0 aliphatic carbocycles. The first kappa shape index (κ1) is 14.6. The van der Waals surface area contributed by atoms with Crippen molar-refractivity contribution in [2.24, 2.45) is 5.73 Å². The Balaban J connectivity index is 2.71. The zero-order valence-electron chi connectivity index (χ0n) is 11.7. The van der Waals surface area contributed by atoms with E-state index in [9.17, 15) is 0 Å². The highest BCUT2D eigenvalue weighted by atomic mass is 32.1. The minimum Gasteiger partial charge on any atom is -0.326 e. The molecule has 0 saturated heterocycles. The molecule has 0 amide bonds. The zero-order chi connectivity index (χ0) is 13.1. The van der Waals surface area contributed by atoms with Gasteiger partial charge in [0.05, 0.1) is 5.01 Å². The van der Waals surface area contributed by atoms with Crippen molar-refractivity contribution in [2.75, 3.05) is 13.1 Å². The van der Waals surface area contributed by atoms with Gasteiger partial charge in [0.25, 0.3) is 0 Å². The molecule has 2 N–H and O–H groups in total. The second kappa shape index (κ2) is 5.94. The predicted molar refractivity (Wildman–Crippen MR) is 75.5 cm³/mol. The third-order valence-electron chi connectivity index (χ3n) is 3.55. The molecule has 1 aromatic heterocycles.